The fourth-order valence-electron chi connectivity index (χ4n) is 3.53. The van der Waals surface area contributed by atoms with Gasteiger partial charge in [-0.3, -0.25) is 19.3 Å². The maximum atomic E-state index is 13.2. The number of rotatable bonds is 4. The van der Waals surface area contributed by atoms with Crippen LogP contribution in [0, 0.1) is 5.92 Å². The molecule has 1 amide bonds. The lowest BCUT2D eigenvalue weighted by Gasteiger charge is -2.20. The van der Waals surface area contributed by atoms with Crippen LogP contribution in [0.5, 0.6) is 0 Å². The number of nitrogens with zero attached hydrogens (tertiary/aromatic N) is 5. The van der Waals surface area contributed by atoms with Gasteiger partial charge < -0.3 is 10.1 Å². The van der Waals surface area contributed by atoms with Crippen molar-refractivity contribution in [2.24, 2.45) is 5.92 Å². The normalized spacial score (nSPS) is 16.9. The summed E-state index contributed by atoms with van der Waals surface area (Å²) in [6.45, 7) is 0.135. The van der Waals surface area contributed by atoms with Crippen LogP contribution in [-0.2, 0) is 15.8 Å². The number of alkyl halides is 3. The Morgan fingerprint density at radius 1 is 1.31 bits per heavy atom. The van der Waals surface area contributed by atoms with E-state index in [1.165, 1.54) is 11.2 Å². The summed E-state index contributed by atoms with van der Waals surface area (Å²) in [5, 5.41) is 20.2. The summed E-state index contributed by atoms with van der Waals surface area (Å²) >= 11 is 0. The number of carboxylic acid groups (broad SMARTS) is 1. The maximum Gasteiger partial charge on any atom is 0.416 e. The summed E-state index contributed by atoms with van der Waals surface area (Å²) in [4.78, 5) is 42.1. The van der Waals surface area contributed by atoms with Crippen molar-refractivity contribution in [2.45, 2.75) is 31.9 Å². The van der Waals surface area contributed by atoms with Crippen LogP contribution in [0.15, 0.2) is 18.5 Å². The first-order chi connectivity index (χ1) is 15.3. The molecule has 1 aromatic carbocycles. The highest BCUT2D eigenvalue weighted by Gasteiger charge is 2.35. The maximum absolute atomic E-state index is 13.2. The van der Waals surface area contributed by atoms with Gasteiger partial charge in [0.15, 0.2) is 5.78 Å². The van der Waals surface area contributed by atoms with Gasteiger partial charge in [-0.1, -0.05) is 11.5 Å². The molecule has 1 aliphatic heterocycles. The monoisotopic (exact) mass is 453 g/mol. The van der Waals surface area contributed by atoms with Gasteiger partial charge in [-0.15, -0.1) is 5.10 Å². The molecule has 3 N–H and O–H groups in total. The minimum atomic E-state index is -4.61. The Kier molecular flexibility index (Phi) is 6.80. The third-order valence-electron chi connectivity index (χ3n) is 4.96. The van der Waals surface area contributed by atoms with E-state index in [1.807, 2.05) is 0 Å². The zero-order chi connectivity index (χ0) is 23.3. The van der Waals surface area contributed by atoms with Crippen molar-refractivity contribution in [3.8, 4) is 0 Å². The first kappa shape index (κ1) is 22.8. The Labute approximate surface area is 178 Å². The highest BCUT2D eigenvalue weighted by Crippen LogP contribution is 2.33. The van der Waals surface area contributed by atoms with Crippen LogP contribution >= 0.6 is 0 Å². The Morgan fingerprint density at radius 3 is 2.72 bits per heavy atom. The Hall–Kier alpha value is -3.84. The molecule has 0 aliphatic carbocycles. The second-order valence-corrected chi connectivity index (χ2v) is 6.95. The molecule has 14 heteroatoms. The van der Waals surface area contributed by atoms with Gasteiger partial charge in [-0.05, 0) is 30.2 Å². The van der Waals surface area contributed by atoms with E-state index in [2.05, 4.69) is 30.6 Å². The number of aromatic amines is 2. The number of amides is 1. The van der Waals surface area contributed by atoms with Crippen LogP contribution < -0.4 is 4.90 Å². The van der Waals surface area contributed by atoms with Gasteiger partial charge in [0, 0.05) is 24.4 Å². The van der Waals surface area contributed by atoms with Gasteiger partial charge in [0.05, 0.1) is 22.9 Å². The summed E-state index contributed by atoms with van der Waals surface area (Å²) in [5.74, 6) is -1.49. The number of halogens is 3. The number of carbonyl (C=O) groups excluding carboxylic acids is 2. The van der Waals surface area contributed by atoms with Crippen molar-refractivity contribution < 1.29 is 32.7 Å². The quantitative estimate of drug-likeness (QED) is 0.401. The number of hydrogen-bond donors (Lipinski definition) is 3. The molecule has 11 nitrogen and oxygen atoms in total. The lowest BCUT2D eigenvalue weighted by atomic mass is 9.92. The van der Waals surface area contributed by atoms with E-state index in [1.54, 1.807) is 0 Å². The summed E-state index contributed by atoms with van der Waals surface area (Å²) in [6, 6.07) is 1.71. The number of aromatic nitrogens is 6. The fraction of sp³-hybridized carbons (Fsp3) is 0.389. The number of imidazole rings is 1. The zero-order valence-corrected chi connectivity index (χ0v) is 16.5. The van der Waals surface area contributed by atoms with Gasteiger partial charge in [-0.25, -0.2) is 4.98 Å². The van der Waals surface area contributed by atoms with Crippen molar-refractivity contribution in [3.63, 3.8) is 0 Å². The summed E-state index contributed by atoms with van der Waals surface area (Å²) in [5.41, 5.74) is -0.833. The number of tetrazole rings is 1. The Balaban J connectivity index is 0.000000913. The zero-order valence-electron chi connectivity index (χ0n) is 16.5. The largest absolute Gasteiger partial charge is 0.483 e. The molecule has 1 fully saturated rings. The van der Waals surface area contributed by atoms with Crippen molar-refractivity contribution in [1.82, 2.24) is 30.6 Å². The fourth-order valence-corrected chi connectivity index (χ4v) is 3.53. The summed E-state index contributed by atoms with van der Waals surface area (Å²) < 4.78 is 39.7. The number of hydrogen-bond acceptors (Lipinski definition) is 7. The number of fused-ring (bicyclic) bond motifs is 1. The van der Waals surface area contributed by atoms with Gasteiger partial charge in [0.1, 0.15) is 0 Å². The molecule has 0 saturated carbocycles. The van der Waals surface area contributed by atoms with E-state index in [0.29, 0.717) is 25.8 Å². The molecule has 0 unspecified atom stereocenters. The molecule has 3 heterocycles. The van der Waals surface area contributed by atoms with Crippen LogP contribution in [0.4, 0.5) is 19.1 Å². The molecule has 0 spiro atoms. The van der Waals surface area contributed by atoms with Gasteiger partial charge in [0.2, 0.25) is 5.91 Å². The molecule has 2 aromatic heterocycles. The molecule has 1 atom stereocenters. The van der Waals surface area contributed by atoms with Gasteiger partial charge >= 0.3 is 6.18 Å². The van der Waals surface area contributed by atoms with E-state index in [-0.39, 0.29) is 41.3 Å². The topological polar surface area (TPSA) is 158 Å². The molecule has 170 valence electrons. The molecule has 4 rings (SSSR count). The molecule has 1 aliphatic rings. The molecule has 0 bridgehead atoms. The van der Waals surface area contributed by atoms with Crippen molar-refractivity contribution >= 4 is 35.1 Å². The predicted octanol–water partition coefficient (Wildman–Crippen LogP) is 2.20. The predicted molar refractivity (Wildman–Crippen MR) is 103 cm³/mol. The molecule has 32 heavy (non-hydrogen) atoms. The van der Waals surface area contributed by atoms with E-state index in [9.17, 15) is 22.8 Å². The SMILES string of the molecule is O=C(C[C@H]1CCCCN(c2nn[nH]n2)C1=O)c1cc(C(F)(F)F)cc2[nH]cnc12.O=CO. The highest BCUT2D eigenvalue weighted by molar-refractivity contribution is 6.08. The van der Waals surface area contributed by atoms with Crippen molar-refractivity contribution in [3.05, 3.63) is 29.6 Å². The highest BCUT2D eigenvalue weighted by atomic mass is 19.4. The summed E-state index contributed by atoms with van der Waals surface area (Å²) in [7, 11) is 0. The van der Waals surface area contributed by atoms with Crippen molar-refractivity contribution in [2.75, 3.05) is 11.4 Å². The Morgan fingerprint density at radius 2 is 2.06 bits per heavy atom. The van der Waals surface area contributed by atoms with E-state index in [0.717, 1.165) is 12.1 Å². The third-order valence-corrected chi connectivity index (χ3v) is 4.96. The average molecular weight is 453 g/mol. The van der Waals surface area contributed by atoms with Crippen LogP contribution in [0.3, 0.4) is 0 Å². The number of Topliss-reactive ketones (excluding diaryl/α,β-unsaturated/α-hetero) is 1. The second-order valence-electron chi connectivity index (χ2n) is 6.95. The van der Waals surface area contributed by atoms with Gasteiger partial charge in [-0.2, -0.15) is 18.4 Å². The molecule has 1 saturated heterocycles. The van der Waals surface area contributed by atoms with Crippen molar-refractivity contribution in [1.29, 1.82) is 0 Å². The number of carbonyl (C=O) groups is 3. The molecule has 3 aromatic rings. The molecular formula is C18H18F3N7O4. The van der Waals surface area contributed by atoms with Crippen LogP contribution in [0.2, 0.25) is 0 Å². The smallest absolute Gasteiger partial charge is 0.416 e. The summed E-state index contributed by atoms with van der Waals surface area (Å²) in [6.07, 6.45) is -1.77. The number of benzene rings is 1. The van der Waals surface area contributed by atoms with Gasteiger partial charge in [0.25, 0.3) is 12.4 Å². The van der Waals surface area contributed by atoms with E-state index in [4.69, 9.17) is 9.90 Å². The number of nitrogens with one attached hydrogen (secondary N) is 2. The molecule has 0 radical (unpaired) electrons. The van der Waals surface area contributed by atoms with E-state index < -0.39 is 23.4 Å². The minimum Gasteiger partial charge on any atom is -0.483 e. The standard InChI is InChI=1S/C17H16F3N7O2.CH2O2/c18-17(19,20)10-6-11(14-12(7-10)21-8-22-14)13(28)5-9-3-1-2-4-27(15(9)29)16-23-25-26-24-16;2-1-3/h6-9H,1-5H2,(H,21,22)(H,23,24,25,26);1H,(H,2,3)/t9-;/m1./s1. The first-order valence-corrected chi connectivity index (χ1v) is 9.46. The lowest BCUT2D eigenvalue weighted by Crippen LogP contribution is -2.36. The minimum absolute atomic E-state index is 0.114. The number of ketones is 1. The lowest BCUT2D eigenvalue weighted by molar-refractivity contribution is -0.137. The average Bonchev–Trinajstić information content (AvgIpc) is 3.40. The van der Waals surface area contributed by atoms with Crippen LogP contribution in [0.25, 0.3) is 11.0 Å². The first-order valence-electron chi connectivity index (χ1n) is 9.46. The Bertz CT molecular complexity index is 1100. The van der Waals surface area contributed by atoms with Crippen LogP contribution in [0.1, 0.15) is 41.6 Å². The third kappa shape index (κ3) is 4.90. The number of anilines is 1. The van der Waals surface area contributed by atoms with Crippen LogP contribution in [-0.4, -0.2) is 60.4 Å². The van der Waals surface area contributed by atoms with E-state index >= 15 is 0 Å². The number of H-pyrrole nitrogens is 2. The molecular weight excluding hydrogens is 435 g/mol. The second kappa shape index (κ2) is 9.53.